The van der Waals surface area contributed by atoms with Crippen LogP contribution in [-0.4, -0.2) is 26.5 Å². The molecule has 7 nitrogen and oxygen atoms in total. The molecule has 20 heavy (non-hydrogen) atoms. The number of ketones is 1. The monoisotopic (exact) mass is 274 g/mol. The van der Waals surface area contributed by atoms with E-state index in [4.69, 9.17) is 4.42 Å². The molecule has 7 heteroatoms. The molecule has 1 amide bonds. The van der Waals surface area contributed by atoms with Crippen molar-refractivity contribution in [2.75, 3.05) is 0 Å². The average Bonchev–Trinajstić information content (AvgIpc) is 2.96. The second-order valence-corrected chi connectivity index (χ2v) is 4.84. The van der Waals surface area contributed by atoms with Crippen molar-refractivity contribution in [1.82, 2.24) is 20.1 Å². The standard InChI is InChI=1S/C13H14N4O3/c1-17-12(14-7-15-17)10(8-4-5-8)16-13(19)11(18)9-3-2-6-20-9/h2-3,6-8,10H,4-5H2,1H3,(H,16,19). The molecular weight excluding hydrogens is 260 g/mol. The van der Waals surface area contributed by atoms with Gasteiger partial charge in [0.25, 0.3) is 11.7 Å². The molecule has 1 unspecified atom stereocenters. The van der Waals surface area contributed by atoms with Gasteiger partial charge in [0.15, 0.2) is 5.76 Å². The highest BCUT2D eigenvalue weighted by Crippen LogP contribution is 2.40. The molecule has 1 atom stereocenters. The number of nitrogens with zero attached hydrogens (tertiary/aromatic N) is 3. The van der Waals surface area contributed by atoms with Gasteiger partial charge in [-0.2, -0.15) is 5.10 Å². The van der Waals surface area contributed by atoms with Crippen LogP contribution in [0.4, 0.5) is 0 Å². The lowest BCUT2D eigenvalue weighted by Gasteiger charge is -2.16. The summed E-state index contributed by atoms with van der Waals surface area (Å²) in [5.41, 5.74) is 0. The number of Topliss-reactive ketones (excluding diaryl/α,β-unsaturated/α-hetero) is 1. The number of carbonyl (C=O) groups is 2. The van der Waals surface area contributed by atoms with Gasteiger partial charge < -0.3 is 9.73 Å². The number of nitrogens with one attached hydrogen (secondary N) is 1. The van der Waals surface area contributed by atoms with Gasteiger partial charge in [-0.15, -0.1) is 0 Å². The molecule has 2 aromatic heterocycles. The third-order valence-electron chi connectivity index (χ3n) is 3.36. The summed E-state index contributed by atoms with van der Waals surface area (Å²) in [6.07, 6.45) is 4.81. The summed E-state index contributed by atoms with van der Waals surface area (Å²) in [6.45, 7) is 0. The largest absolute Gasteiger partial charge is 0.461 e. The first-order valence-corrected chi connectivity index (χ1v) is 6.39. The van der Waals surface area contributed by atoms with Crippen molar-refractivity contribution in [3.05, 3.63) is 36.3 Å². The maximum absolute atomic E-state index is 12.0. The van der Waals surface area contributed by atoms with E-state index in [1.165, 1.54) is 18.7 Å². The summed E-state index contributed by atoms with van der Waals surface area (Å²) in [4.78, 5) is 28.1. The molecule has 0 aromatic carbocycles. The van der Waals surface area contributed by atoms with Crippen LogP contribution in [0.2, 0.25) is 0 Å². The summed E-state index contributed by atoms with van der Waals surface area (Å²) in [5.74, 6) is -0.350. The smallest absolute Gasteiger partial charge is 0.296 e. The summed E-state index contributed by atoms with van der Waals surface area (Å²) >= 11 is 0. The Morgan fingerprint density at radius 3 is 2.85 bits per heavy atom. The highest BCUT2D eigenvalue weighted by Gasteiger charge is 2.37. The second kappa shape index (κ2) is 4.92. The zero-order chi connectivity index (χ0) is 14.1. The van der Waals surface area contributed by atoms with Crippen molar-refractivity contribution in [2.45, 2.75) is 18.9 Å². The Morgan fingerprint density at radius 1 is 1.50 bits per heavy atom. The third kappa shape index (κ3) is 2.34. The molecule has 0 bridgehead atoms. The van der Waals surface area contributed by atoms with Crippen LogP contribution in [0, 0.1) is 5.92 Å². The summed E-state index contributed by atoms with van der Waals surface area (Å²) in [5, 5.41) is 6.74. The molecule has 2 aromatic rings. The molecular formula is C13H14N4O3. The van der Waals surface area contributed by atoms with Crippen molar-refractivity contribution in [3.63, 3.8) is 0 Å². The molecule has 1 saturated carbocycles. The minimum absolute atomic E-state index is 0.0370. The molecule has 2 heterocycles. The lowest BCUT2D eigenvalue weighted by Crippen LogP contribution is -2.36. The normalized spacial score (nSPS) is 15.8. The molecule has 0 spiro atoms. The van der Waals surface area contributed by atoms with Crippen LogP contribution in [0.25, 0.3) is 0 Å². The number of hydrogen-bond donors (Lipinski definition) is 1. The van der Waals surface area contributed by atoms with E-state index in [-0.39, 0.29) is 11.8 Å². The summed E-state index contributed by atoms with van der Waals surface area (Å²) < 4.78 is 6.56. The summed E-state index contributed by atoms with van der Waals surface area (Å²) in [7, 11) is 1.76. The number of aryl methyl sites for hydroxylation is 1. The maximum atomic E-state index is 12.0. The minimum atomic E-state index is -0.681. The average molecular weight is 274 g/mol. The highest BCUT2D eigenvalue weighted by molar-refractivity contribution is 6.42. The SMILES string of the molecule is Cn1ncnc1C(NC(=O)C(=O)c1ccco1)C1CC1. The van der Waals surface area contributed by atoms with Gasteiger partial charge in [-0.05, 0) is 30.9 Å². The van der Waals surface area contributed by atoms with E-state index in [1.807, 2.05) is 0 Å². The Balaban J connectivity index is 1.76. The van der Waals surface area contributed by atoms with Crippen LogP contribution in [0.15, 0.2) is 29.1 Å². The number of furan rings is 1. The Kier molecular flexibility index (Phi) is 3.09. The maximum Gasteiger partial charge on any atom is 0.296 e. The second-order valence-electron chi connectivity index (χ2n) is 4.84. The quantitative estimate of drug-likeness (QED) is 0.645. The number of carbonyl (C=O) groups excluding carboxylic acids is 2. The molecule has 1 N–H and O–H groups in total. The van der Waals surface area contributed by atoms with Gasteiger partial charge in [-0.1, -0.05) is 0 Å². The molecule has 104 valence electrons. The van der Waals surface area contributed by atoms with Crippen LogP contribution in [0.1, 0.15) is 35.3 Å². The number of amides is 1. The van der Waals surface area contributed by atoms with Gasteiger partial charge in [-0.3, -0.25) is 14.3 Å². The molecule has 0 saturated heterocycles. The van der Waals surface area contributed by atoms with Crippen molar-refractivity contribution in [2.24, 2.45) is 13.0 Å². The third-order valence-corrected chi connectivity index (χ3v) is 3.36. The minimum Gasteiger partial charge on any atom is -0.461 e. The van der Waals surface area contributed by atoms with Gasteiger partial charge in [0.2, 0.25) is 0 Å². The van der Waals surface area contributed by atoms with Crippen LogP contribution in [0.5, 0.6) is 0 Å². The van der Waals surface area contributed by atoms with Crippen molar-refractivity contribution >= 4 is 11.7 Å². The van der Waals surface area contributed by atoms with E-state index in [1.54, 1.807) is 17.8 Å². The predicted octanol–water partition coefficient (Wildman–Crippen LogP) is 0.858. The molecule has 3 rings (SSSR count). The first-order chi connectivity index (χ1) is 9.66. The Labute approximate surface area is 115 Å². The lowest BCUT2D eigenvalue weighted by atomic mass is 10.1. The van der Waals surface area contributed by atoms with Gasteiger partial charge in [0.1, 0.15) is 12.2 Å². The predicted molar refractivity (Wildman–Crippen MR) is 67.6 cm³/mol. The van der Waals surface area contributed by atoms with E-state index < -0.39 is 11.7 Å². The van der Waals surface area contributed by atoms with Crippen LogP contribution in [0.3, 0.4) is 0 Å². The first-order valence-electron chi connectivity index (χ1n) is 6.39. The zero-order valence-electron chi connectivity index (χ0n) is 10.9. The van der Waals surface area contributed by atoms with Gasteiger partial charge >= 0.3 is 0 Å². The fourth-order valence-corrected chi connectivity index (χ4v) is 2.14. The lowest BCUT2D eigenvalue weighted by molar-refractivity contribution is -0.118. The van der Waals surface area contributed by atoms with E-state index in [0.29, 0.717) is 11.7 Å². The zero-order valence-corrected chi connectivity index (χ0v) is 10.9. The van der Waals surface area contributed by atoms with Crippen LogP contribution < -0.4 is 5.32 Å². The van der Waals surface area contributed by atoms with Gasteiger partial charge in [-0.25, -0.2) is 4.98 Å². The fraction of sp³-hybridized carbons (Fsp3) is 0.385. The van der Waals surface area contributed by atoms with Crippen molar-refractivity contribution < 1.29 is 14.0 Å². The van der Waals surface area contributed by atoms with E-state index in [9.17, 15) is 9.59 Å². The first kappa shape index (κ1) is 12.6. The molecule has 0 radical (unpaired) electrons. The van der Waals surface area contributed by atoms with E-state index in [2.05, 4.69) is 15.4 Å². The fourth-order valence-electron chi connectivity index (χ4n) is 2.14. The van der Waals surface area contributed by atoms with E-state index in [0.717, 1.165) is 12.8 Å². The Hall–Kier alpha value is -2.44. The van der Waals surface area contributed by atoms with Crippen molar-refractivity contribution in [3.8, 4) is 0 Å². The molecule has 0 aliphatic heterocycles. The van der Waals surface area contributed by atoms with E-state index >= 15 is 0 Å². The highest BCUT2D eigenvalue weighted by atomic mass is 16.3. The number of rotatable bonds is 5. The van der Waals surface area contributed by atoms with Crippen molar-refractivity contribution in [1.29, 1.82) is 0 Å². The van der Waals surface area contributed by atoms with Gasteiger partial charge in [0, 0.05) is 7.05 Å². The molecule has 1 fully saturated rings. The number of hydrogen-bond acceptors (Lipinski definition) is 5. The number of aromatic nitrogens is 3. The topological polar surface area (TPSA) is 90.0 Å². The molecule has 1 aliphatic carbocycles. The van der Waals surface area contributed by atoms with Crippen LogP contribution >= 0.6 is 0 Å². The Bertz CT molecular complexity index is 628. The molecule has 1 aliphatic rings. The summed E-state index contributed by atoms with van der Waals surface area (Å²) in [6, 6.07) is 2.76. The Morgan fingerprint density at radius 2 is 2.30 bits per heavy atom. The van der Waals surface area contributed by atoms with Crippen LogP contribution in [-0.2, 0) is 11.8 Å². The van der Waals surface area contributed by atoms with Gasteiger partial charge in [0.05, 0.1) is 12.3 Å².